The van der Waals surface area contributed by atoms with Crippen LogP contribution in [0, 0.1) is 17.8 Å². The molecule has 2 atom stereocenters. The third-order valence-electron chi connectivity index (χ3n) is 4.38. The van der Waals surface area contributed by atoms with Crippen molar-refractivity contribution in [1.82, 2.24) is 5.32 Å². The lowest BCUT2D eigenvalue weighted by Gasteiger charge is -2.30. The summed E-state index contributed by atoms with van der Waals surface area (Å²) < 4.78 is 0. The molecule has 1 saturated carbocycles. The van der Waals surface area contributed by atoms with Crippen molar-refractivity contribution in [2.45, 2.75) is 51.9 Å². The Kier molecular flexibility index (Phi) is 3.86. The van der Waals surface area contributed by atoms with Crippen LogP contribution in [0.5, 0.6) is 0 Å². The van der Waals surface area contributed by atoms with E-state index in [2.05, 4.69) is 12.2 Å². The number of rotatable bonds is 3. The fourth-order valence-corrected chi connectivity index (χ4v) is 3.25. The normalized spacial score (nSPS) is 34.9. The van der Waals surface area contributed by atoms with Gasteiger partial charge in [0, 0.05) is 0 Å². The Morgan fingerprint density at radius 3 is 2.57 bits per heavy atom. The van der Waals surface area contributed by atoms with Gasteiger partial charge >= 0.3 is 0 Å². The highest BCUT2D eigenvalue weighted by Gasteiger charge is 2.23. The van der Waals surface area contributed by atoms with Crippen LogP contribution in [0.25, 0.3) is 0 Å². The second-order valence-corrected chi connectivity index (χ2v) is 5.46. The molecule has 0 aromatic rings. The average molecular weight is 195 g/mol. The number of hydrogen-bond acceptors (Lipinski definition) is 1. The van der Waals surface area contributed by atoms with E-state index in [1.165, 1.54) is 58.0 Å². The van der Waals surface area contributed by atoms with Gasteiger partial charge in [-0.2, -0.15) is 0 Å². The molecule has 2 aliphatic rings. The van der Waals surface area contributed by atoms with Crippen molar-refractivity contribution in [2.24, 2.45) is 17.8 Å². The Balaban J connectivity index is 1.67. The summed E-state index contributed by atoms with van der Waals surface area (Å²) in [6.07, 6.45) is 10.5. The quantitative estimate of drug-likeness (QED) is 0.729. The summed E-state index contributed by atoms with van der Waals surface area (Å²) in [6.45, 7) is 4.94. The van der Waals surface area contributed by atoms with Crippen molar-refractivity contribution in [2.75, 3.05) is 13.1 Å². The maximum Gasteiger partial charge on any atom is -0.00205 e. The Bertz CT molecular complexity index is 161. The van der Waals surface area contributed by atoms with Gasteiger partial charge < -0.3 is 5.32 Å². The number of hydrogen-bond donors (Lipinski definition) is 1. The van der Waals surface area contributed by atoms with Gasteiger partial charge in [0.25, 0.3) is 0 Å². The molecule has 1 aliphatic carbocycles. The van der Waals surface area contributed by atoms with Gasteiger partial charge in [-0.15, -0.1) is 0 Å². The second-order valence-electron chi connectivity index (χ2n) is 5.46. The topological polar surface area (TPSA) is 12.0 Å². The molecule has 0 aromatic carbocycles. The van der Waals surface area contributed by atoms with Crippen LogP contribution in [-0.2, 0) is 0 Å². The first kappa shape index (κ1) is 10.5. The molecule has 0 amide bonds. The Morgan fingerprint density at radius 1 is 1.07 bits per heavy atom. The van der Waals surface area contributed by atoms with Crippen LogP contribution in [-0.4, -0.2) is 13.1 Å². The van der Waals surface area contributed by atoms with E-state index in [1.54, 1.807) is 0 Å². The van der Waals surface area contributed by atoms with Crippen LogP contribution in [0.15, 0.2) is 0 Å². The molecular formula is C13H25N. The largest absolute Gasteiger partial charge is 0.316 e. The molecule has 82 valence electrons. The zero-order valence-corrected chi connectivity index (χ0v) is 9.60. The highest BCUT2D eigenvalue weighted by molar-refractivity contribution is 4.77. The molecule has 0 radical (unpaired) electrons. The van der Waals surface area contributed by atoms with Gasteiger partial charge in [-0.05, 0) is 43.7 Å². The summed E-state index contributed by atoms with van der Waals surface area (Å²) in [5.74, 6) is 3.04. The summed E-state index contributed by atoms with van der Waals surface area (Å²) in [7, 11) is 0. The predicted octanol–water partition coefficient (Wildman–Crippen LogP) is 3.20. The number of piperidine rings is 1. The van der Waals surface area contributed by atoms with Crippen LogP contribution >= 0.6 is 0 Å². The van der Waals surface area contributed by atoms with Crippen LogP contribution in [0.3, 0.4) is 0 Å². The van der Waals surface area contributed by atoms with Gasteiger partial charge in [-0.1, -0.05) is 39.0 Å². The molecule has 2 unspecified atom stereocenters. The van der Waals surface area contributed by atoms with E-state index in [9.17, 15) is 0 Å². The van der Waals surface area contributed by atoms with Crippen molar-refractivity contribution in [3.63, 3.8) is 0 Å². The fourth-order valence-electron chi connectivity index (χ4n) is 3.25. The van der Waals surface area contributed by atoms with E-state index < -0.39 is 0 Å². The molecule has 1 saturated heterocycles. The van der Waals surface area contributed by atoms with E-state index in [0.717, 1.165) is 17.8 Å². The van der Waals surface area contributed by atoms with Gasteiger partial charge in [-0.3, -0.25) is 0 Å². The van der Waals surface area contributed by atoms with Gasteiger partial charge in [0.1, 0.15) is 0 Å². The lowest BCUT2D eigenvalue weighted by Crippen LogP contribution is -2.35. The molecule has 2 rings (SSSR count). The van der Waals surface area contributed by atoms with Crippen molar-refractivity contribution < 1.29 is 0 Å². The molecule has 14 heavy (non-hydrogen) atoms. The Hall–Kier alpha value is -0.0400. The molecule has 0 aromatic heterocycles. The maximum atomic E-state index is 3.49. The monoisotopic (exact) mass is 195 g/mol. The Labute approximate surface area is 88.7 Å². The molecule has 1 N–H and O–H groups in total. The van der Waals surface area contributed by atoms with Crippen molar-refractivity contribution in [3.05, 3.63) is 0 Å². The molecular weight excluding hydrogens is 170 g/mol. The van der Waals surface area contributed by atoms with E-state index in [-0.39, 0.29) is 0 Å². The highest BCUT2D eigenvalue weighted by Crippen LogP contribution is 2.32. The van der Waals surface area contributed by atoms with Gasteiger partial charge in [-0.25, -0.2) is 0 Å². The molecule has 1 heterocycles. The molecule has 0 bridgehead atoms. The molecule has 1 aliphatic heterocycles. The zero-order chi connectivity index (χ0) is 9.80. The summed E-state index contributed by atoms with van der Waals surface area (Å²) in [5, 5.41) is 3.49. The van der Waals surface area contributed by atoms with E-state index in [4.69, 9.17) is 0 Å². The predicted molar refractivity (Wildman–Crippen MR) is 61.3 cm³/mol. The minimum atomic E-state index is 0.921. The van der Waals surface area contributed by atoms with E-state index in [0.29, 0.717) is 0 Å². The fraction of sp³-hybridized carbons (Fsp3) is 1.00. The van der Waals surface area contributed by atoms with Crippen LogP contribution < -0.4 is 5.32 Å². The van der Waals surface area contributed by atoms with E-state index in [1.807, 2.05) is 0 Å². The minimum Gasteiger partial charge on any atom is -0.316 e. The number of nitrogens with one attached hydrogen (secondary N) is 1. The maximum absolute atomic E-state index is 3.49. The van der Waals surface area contributed by atoms with Crippen molar-refractivity contribution >= 4 is 0 Å². The van der Waals surface area contributed by atoms with E-state index >= 15 is 0 Å². The minimum absolute atomic E-state index is 0.921. The lowest BCUT2D eigenvalue weighted by molar-refractivity contribution is 0.241. The van der Waals surface area contributed by atoms with Crippen LogP contribution in [0.2, 0.25) is 0 Å². The van der Waals surface area contributed by atoms with Crippen molar-refractivity contribution in [1.29, 1.82) is 0 Å². The van der Waals surface area contributed by atoms with Gasteiger partial charge in [0.15, 0.2) is 0 Å². The average Bonchev–Trinajstić information content (AvgIpc) is 2.69. The molecule has 2 fully saturated rings. The third-order valence-corrected chi connectivity index (χ3v) is 4.38. The van der Waals surface area contributed by atoms with Gasteiger partial charge in [0.2, 0.25) is 0 Å². The first-order valence-electron chi connectivity index (χ1n) is 6.57. The van der Waals surface area contributed by atoms with Crippen molar-refractivity contribution in [3.8, 4) is 0 Å². The summed E-state index contributed by atoms with van der Waals surface area (Å²) >= 11 is 0. The first-order valence-corrected chi connectivity index (χ1v) is 6.57. The standard InChI is InChI=1S/C13H25N/c1-11-10-14-9-8-13(11)7-6-12-4-2-3-5-12/h11-14H,2-10H2,1H3. The molecule has 1 nitrogen and oxygen atoms in total. The second kappa shape index (κ2) is 5.16. The van der Waals surface area contributed by atoms with Crippen LogP contribution in [0.4, 0.5) is 0 Å². The highest BCUT2D eigenvalue weighted by atomic mass is 14.9. The smallest absolute Gasteiger partial charge is 0.00205 e. The lowest BCUT2D eigenvalue weighted by atomic mass is 9.82. The Morgan fingerprint density at radius 2 is 1.86 bits per heavy atom. The van der Waals surface area contributed by atoms with Gasteiger partial charge in [0.05, 0.1) is 0 Å². The zero-order valence-electron chi connectivity index (χ0n) is 9.60. The summed E-state index contributed by atoms with van der Waals surface area (Å²) in [4.78, 5) is 0. The first-order chi connectivity index (χ1) is 6.86. The van der Waals surface area contributed by atoms with Crippen LogP contribution in [0.1, 0.15) is 51.9 Å². The SMILES string of the molecule is CC1CNCCC1CCC1CCCC1. The molecule has 1 heteroatoms. The molecule has 0 spiro atoms. The summed E-state index contributed by atoms with van der Waals surface area (Å²) in [5.41, 5.74) is 0. The third kappa shape index (κ3) is 2.73. The summed E-state index contributed by atoms with van der Waals surface area (Å²) in [6, 6.07) is 0.